The highest BCUT2D eigenvalue weighted by Crippen LogP contribution is 2.47. The van der Waals surface area contributed by atoms with E-state index >= 15 is 0 Å². The van der Waals surface area contributed by atoms with Crippen LogP contribution in [0.2, 0.25) is 0 Å². The standard InChI is InChI=1S/C23H38Cl2N6O4P/c1-28-22(18-26-23(28)30(32)33)20-35-36(34,29(15-12-24)16-13-25)27-14-8-5-9-17-31(2,3)19-21-10-6-4-7-11-21/h4,6-7,10-11,18H,5,8-9,12-17,19-20H2,1-3H3,(H,27,34)/q+1. The van der Waals surface area contributed by atoms with Gasteiger partial charge in [0.05, 0.1) is 27.7 Å². The molecule has 0 bridgehead atoms. The summed E-state index contributed by atoms with van der Waals surface area (Å²) in [5.41, 5.74) is 1.76. The van der Waals surface area contributed by atoms with Crippen LogP contribution in [0.4, 0.5) is 5.95 Å². The van der Waals surface area contributed by atoms with Crippen molar-refractivity contribution < 1.29 is 18.5 Å². The fourth-order valence-electron chi connectivity index (χ4n) is 3.91. The van der Waals surface area contributed by atoms with Gasteiger partial charge in [-0.05, 0) is 24.2 Å². The molecule has 1 aromatic carbocycles. The summed E-state index contributed by atoms with van der Waals surface area (Å²) in [5.74, 6) is 0.220. The molecular formula is C23H38Cl2N6O4P+. The number of benzene rings is 1. The summed E-state index contributed by atoms with van der Waals surface area (Å²) < 4.78 is 23.5. The first-order valence-electron chi connectivity index (χ1n) is 12.0. The van der Waals surface area contributed by atoms with Crippen LogP contribution in [0.5, 0.6) is 0 Å². The van der Waals surface area contributed by atoms with Crippen LogP contribution in [0.1, 0.15) is 30.5 Å². The van der Waals surface area contributed by atoms with Crippen LogP contribution in [0.3, 0.4) is 0 Å². The molecule has 0 saturated heterocycles. The predicted octanol–water partition coefficient (Wildman–Crippen LogP) is 4.77. The molecule has 0 aliphatic carbocycles. The number of rotatable bonds is 18. The molecule has 36 heavy (non-hydrogen) atoms. The van der Waals surface area contributed by atoms with Crippen molar-refractivity contribution in [3.8, 4) is 0 Å². The Morgan fingerprint density at radius 3 is 2.42 bits per heavy atom. The Balaban J connectivity index is 1.91. The van der Waals surface area contributed by atoms with Crippen molar-refractivity contribution in [3.63, 3.8) is 0 Å². The zero-order valence-corrected chi connectivity index (χ0v) is 23.7. The van der Waals surface area contributed by atoms with Crippen LogP contribution >= 0.6 is 30.9 Å². The quantitative estimate of drug-likeness (QED) is 0.0695. The molecule has 0 spiro atoms. The smallest absolute Gasteiger partial charge is 0.390 e. The molecule has 0 radical (unpaired) electrons. The number of unbranched alkanes of at least 4 members (excludes halogenated alkanes) is 2. The van der Waals surface area contributed by atoms with Gasteiger partial charge in [-0.25, -0.2) is 14.3 Å². The van der Waals surface area contributed by atoms with E-state index in [9.17, 15) is 14.7 Å². The van der Waals surface area contributed by atoms with Gasteiger partial charge in [-0.1, -0.05) is 35.3 Å². The van der Waals surface area contributed by atoms with Gasteiger partial charge >= 0.3 is 13.6 Å². The lowest BCUT2D eigenvalue weighted by Gasteiger charge is -2.31. The number of nitrogens with one attached hydrogen (secondary N) is 1. The van der Waals surface area contributed by atoms with E-state index in [4.69, 9.17) is 27.7 Å². The third kappa shape index (κ3) is 9.74. The van der Waals surface area contributed by atoms with E-state index in [0.29, 0.717) is 25.3 Å². The Hall–Kier alpha value is -1.52. The fourth-order valence-corrected chi connectivity index (χ4v) is 6.48. The highest BCUT2D eigenvalue weighted by molar-refractivity contribution is 7.54. The molecule has 202 valence electrons. The maximum absolute atomic E-state index is 13.8. The summed E-state index contributed by atoms with van der Waals surface area (Å²) in [5, 5.41) is 14.2. The zero-order chi connectivity index (χ0) is 26.6. The Bertz CT molecular complexity index is 986. The van der Waals surface area contributed by atoms with E-state index in [2.05, 4.69) is 48.4 Å². The maximum Gasteiger partial charge on any atom is 0.434 e. The van der Waals surface area contributed by atoms with Crippen LogP contribution in [-0.2, 0) is 29.3 Å². The molecule has 1 atom stereocenters. The summed E-state index contributed by atoms with van der Waals surface area (Å²) in [4.78, 5) is 14.3. The highest BCUT2D eigenvalue weighted by Gasteiger charge is 2.32. The van der Waals surface area contributed by atoms with E-state index in [1.54, 1.807) is 4.67 Å². The van der Waals surface area contributed by atoms with Crippen molar-refractivity contribution in [1.29, 1.82) is 0 Å². The molecule has 10 nitrogen and oxygen atoms in total. The largest absolute Gasteiger partial charge is 0.434 e. The summed E-state index contributed by atoms with van der Waals surface area (Å²) in [7, 11) is 2.49. The average molecular weight is 564 g/mol. The van der Waals surface area contributed by atoms with Crippen LogP contribution in [0.25, 0.3) is 0 Å². The second-order valence-corrected chi connectivity index (χ2v) is 12.2. The SMILES string of the molecule is Cn1c(COP(=O)(NCCCCC[N+](C)(C)Cc2ccccc2)N(CCCl)CCCl)cnc1[N+](=O)[O-]. The molecule has 0 aliphatic rings. The van der Waals surface area contributed by atoms with E-state index in [1.165, 1.54) is 23.4 Å². The van der Waals surface area contributed by atoms with Gasteiger partial charge in [0.25, 0.3) is 0 Å². The van der Waals surface area contributed by atoms with Gasteiger partial charge in [-0.15, -0.1) is 23.2 Å². The summed E-state index contributed by atoms with van der Waals surface area (Å²) in [6, 6.07) is 10.5. The average Bonchev–Trinajstić information content (AvgIpc) is 3.20. The van der Waals surface area contributed by atoms with Crippen LogP contribution < -0.4 is 5.09 Å². The third-order valence-electron chi connectivity index (χ3n) is 5.87. The molecule has 1 N–H and O–H groups in total. The highest BCUT2D eigenvalue weighted by atomic mass is 35.5. The molecule has 0 fully saturated rings. The van der Waals surface area contributed by atoms with Gasteiger partial charge in [0, 0.05) is 37.0 Å². The molecule has 1 unspecified atom stereocenters. The lowest BCUT2D eigenvalue weighted by atomic mass is 10.1. The first kappa shape index (κ1) is 30.7. The number of quaternary nitrogens is 1. The molecular weight excluding hydrogens is 526 g/mol. The Morgan fingerprint density at radius 2 is 1.83 bits per heavy atom. The van der Waals surface area contributed by atoms with Crippen LogP contribution in [0, 0.1) is 10.1 Å². The molecule has 13 heteroatoms. The second kappa shape index (κ2) is 15.0. The van der Waals surface area contributed by atoms with Gasteiger partial charge in [0.2, 0.25) is 0 Å². The minimum Gasteiger partial charge on any atom is -0.390 e. The van der Waals surface area contributed by atoms with Crippen molar-refractivity contribution in [2.45, 2.75) is 32.4 Å². The van der Waals surface area contributed by atoms with Gasteiger partial charge < -0.3 is 14.6 Å². The Labute approximate surface area is 223 Å². The van der Waals surface area contributed by atoms with E-state index in [-0.39, 0.29) is 24.3 Å². The third-order valence-corrected chi connectivity index (χ3v) is 8.46. The van der Waals surface area contributed by atoms with Gasteiger partial charge in [-0.3, -0.25) is 9.09 Å². The summed E-state index contributed by atoms with van der Waals surface area (Å²) in [6.07, 6.45) is 4.19. The van der Waals surface area contributed by atoms with E-state index in [1.807, 2.05) is 6.07 Å². The number of hydrogen-bond donors (Lipinski definition) is 1. The molecule has 0 amide bonds. The lowest BCUT2D eigenvalue weighted by Crippen LogP contribution is -2.39. The lowest BCUT2D eigenvalue weighted by molar-refractivity contribution is -0.903. The molecule has 0 saturated carbocycles. The first-order valence-corrected chi connectivity index (χ1v) is 14.6. The zero-order valence-electron chi connectivity index (χ0n) is 21.3. The summed E-state index contributed by atoms with van der Waals surface area (Å²) >= 11 is 11.9. The van der Waals surface area contributed by atoms with E-state index in [0.717, 1.165) is 36.8 Å². The topological polar surface area (TPSA) is 103 Å². The van der Waals surface area contributed by atoms with Gasteiger partial charge in [-0.2, -0.15) is 0 Å². The van der Waals surface area contributed by atoms with Crippen LogP contribution in [-0.4, -0.2) is 75.7 Å². The monoisotopic (exact) mass is 563 g/mol. The van der Waals surface area contributed by atoms with Crippen molar-refractivity contribution in [1.82, 2.24) is 19.3 Å². The number of aromatic nitrogens is 2. The van der Waals surface area contributed by atoms with Crippen LogP contribution in [0.15, 0.2) is 36.5 Å². The van der Waals surface area contributed by atoms with Gasteiger partial charge in [0.15, 0.2) is 0 Å². The van der Waals surface area contributed by atoms with Crippen molar-refractivity contribution in [3.05, 3.63) is 57.9 Å². The van der Waals surface area contributed by atoms with Crippen molar-refractivity contribution in [2.75, 3.05) is 52.0 Å². The van der Waals surface area contributed by atoms with Crippen molar-refractivity contribution >= 4 is 36.8 Å². The Morgan fingerprint density at radius 1 is 1.17 bits per heavy atom. The number of imidazole rings is 1. The minimum absolute atomic E-state index is 0.103. The normalized spacial score (nSPS) is 13.7. The Kier molecular flexibility index (Phi) is 12.8. The number of nitrogens with zero attached hydrogens (tertiary/aromatic N) is 5. The maximum atomic E-state index is 13.8. The molecule has 0 aliphatic heterocycles. The molecule has 2 rings (SSSR count). The van der Waals surface area contributed by atoms with E-state index < -0.39 is 12.6 Å². The van der Waals surface area contributed by atoms with Crippen molar-refractivity contribution in [2.24, 2.45) is 7.05 Å². The minimum atomic E-state index is -3.49. The number of nitro groups is 1. The summed E-state index contributed by atoms with van der Waals surface area (Å²) in [6.45, 7) is 3.06. The predicted molar refractivity (Wildman–Crippen MR) is 144 cm³/mol. The van der Waals surface area contributed by atoms with Gasteiger partial charge in [0.1, 0.15) is 25.0 Å². The second-order valence-electron chi connectivity index (χ2n) is 9.26. The molecule has 1 heterocycles. The first-order chi connectivity index (χ1) is 17.1. The molecule has 1 aromatic heterocycles. The fraction of sp³-hybridized carbons (Fsp3) is 0.609. The number of halogens is 2. The number of alkyl halides is 2. The number of hydrogen-bond acceptors (Lipinski definition) is 5. The molecule has 2 aromatic rings.